The van der Waals surface area contributed by atoms with E-state index in [1.54, 1.807) is 0 Å². The van der Waals surface area contributed by atoms with Gasteiger partial charge in [-0.1, -0.05) is 36.8 Å². The molecule has 0 saturated carbocycles. The van der Waals surface area contributed by atoms with E-state index in [4.69, 9.17) is 9.73 Å². The number of benzene rings is 1. The SMILES string of the molecule is CCNC(=NCC(C)c1ccc(C)cc1)NCCC1CCCO1.I. The van der Waals surface area contributed by atoms with Gasteiger partial charge in [-0.05, 0) is 38.7 Å². The summed E-state index contributed by atoms with van der Waals surface area (Å²) < 4.78 is 5.66. The predicted octanol–water partition coefficient (Wildman–Crippen LogP) is 3.84. The van der Waals surface area contributed by atoms with Gasteiger partial charge in [-0.25, -0.2) is 0 Å². The molecule has 2 unspecified atom stereocenters. The first-order valence-corrected chi connectivity index (χ1v) is 8.89. The van der Waals surface area contributed by atoms with Crippen molar-refractivity contribution < 1.29 is 4.74 Å². The first-order chi connectivity index (χ1) is 11.2. The summed E-state index contributed by atoms with van der Waals surface area (Å²) >= 11 is 0. The molecule has 1 aromatic rings. The molecule has 1 aliphatic rings. The van der Waals surface area contributed by atoms with Crippen LogP contribution in [0.5, 0.6) is 0 Å². The molecule has 0 aliphatic carbocycles. The van der Waals surface area contributed by atoms with Gasteiger partial charge in [-0.15, -0.1) is 24.0 Å². The maximum absolute atomic E-state index is 5.66. The highest BCUT2D eigenvalue weighted by Crippen LogP contribution is 2.16. The summed E-state index contributed by atoms with van der Waals surface area (Å²) in [5.41, 5.74) is 2.64. The van der Waals surface area contributed by atoms with Gasteiger partial charge in [0, 0.05) is 32.2 Å². The van der Waals surface area contributed by atoms with Crippen molar-refractivity contribution in [3.05, 3.63) is 35.4 Å². The number of hydrogen-bond acceptors (Lipinski definition) is 2. The lowest BCUT2D eigenvalue weighted by Gasteiger charge is -2.15. The number of nitrogens with zero attached hydrogens (tertiary/aromatic N) is 1. The van der Waals surface area contributed by atoms with Crippen LogP contribution in [0.2, 0.25) is 0 Å². The summed E-state index contributed by atoms with van der Waals surface area (Å²) in [4.78, 5) is 4.73. The number of nitrogens with one attached hydrogen (secondary N) is 2. The standard InChI is InChI=1S/C19H31N3O.HI/c1-4-20-19(21-12-11-18-6-5-13-23-18)22-14-16(3)17-9-7-15(2)8-10-17;/h7-10,16,18H,4-6,11-14H2,1-3H3,(H2,20,21,22);1H. The van der Waals surface area contributed by atoms with Gasteiger partial charge in [0.05, 0.1) is 6.10 Å². The van der Waals surface area contributed by atoms with Gasteiger partial charge >= 0.3 is 0 Å². The predicted molar refractivity (Wildman–Crippen MR) is 113 cm³/mol. The lowest BCUT2D eigenvalue weighted by Crippen LogP contribution is -2.38. The van der Waals surface area contributed by atoms with E-state index in [-0.39, 0.29) is 24.0 Å². The molecule has 1 aliphatic heterocycles. The van der Waals surface area contributed by atoms with Crippen LogP contribution in [0, 0.1) is 6.92 Å². The van der Waals surface area contributed by atoms with Crippen LogP contribution in [0.1, 0.15) is 50.2 Å². The van der Waals surface area contributed by atoms with Gasteiger partial charge in [0.25, 0.3) is 0 Å². The molecule has 0 bridgehead atoms. The molecule has 2 rings (SSSR count). The summed E-state index contributed by atoms with van der Waals surface area (Å²) in [7, 11) is 0. The van der Waals surface area contributed by atoms with Gasteiger partial charge in [0.15, 0.2) is 5.96 Å². The van der Waals surface area contributed by atoms with Crippen molar-refractivity contribution in [1.82, 2.24) is 10.6 Å². The summed E-state index contributed by atoms with van der Waals surface area (Å²) in [6, 6.07) is 8.74. The lowest BCUT2D eigenvalue weighted by atomic mass is 10.0. The van der Waals surface area contributed by atoms with E-state index < -0.39 is 0 Å². The molecule has 2 N–H and O–H groups in total. The Hall–Kier alpha value is -0.820. The van der Waals surface area contributed by atoms with Crippen LogP contribution >= 0.6 is 24.0 Å². The Kier molecular flexibility index (Phi) is 10.3. The molecule has 0 amide bonds. The van der Waals surface area contributed by atoms with Crippen molar-refractivity contribution in [1.29, 1.82) is 0 Å². The van der Waals surface area contributed by atoms with E-state index in [9.17, 15) is 0 Å². The molecule has 1 saturated heterocycles. The van der Waals surface area contributed by atoms with E-state index in [2.05, 4.69) is 55.7 Å². The molecule has 5 heteroatoms. The van der Waals surface area contributed by atoms with Crippen LogP contribution in [0.15, 0.2) is 29.3 Å². The largest absolute Gasteiger partial charge is 0.378 e. The molecule has 0 radical (unpaired) electrons. The minimum Gasteiger partial charge on any atom is -0.378 e. The van der Waals surface area contributed by atoms with Crippen molar-refractivity contribution in [2.75, 3.05) is 26.2 Å². The molecule has 4 nitrogen and oxygen atoms in total. The van der Waals surface area contributed by atoms with Crippen molar-refractivity contribution in [2.24, 2.45) is 4.99 Å². The highest BCUT2D eigenvalue weighted by atomic mass is 127. The fourth-order valence-corrected chi connectivity index (χ4v) is 2.79. The van der Waals surface area contributed by atoms with Gasteiger partial charge in [0.2, 0.25) is 0 Å². The Bertz CT molecular complexity index is 484. The van der Waals surface area contributed by atoms with E-state index >= 15 is 0 Å². The third-order valence-electron chi connectivity index (χ3n) is 4.30. The minimum atomic E-state index is 0. The average Bonchev–Trinajstić information content (AvgIpc) is 3.06. The molecule has 24 heavy (non-hydrogen) atoms. The monoisotopic (exact) mass is 445 g/mol. The quantitative estimate of drug-likeness (QED) is 0.381. The Labute approximate surface area is 163 Å². The van der Waals surface area contributed by atoms with Crippen LogP contribution in [-0.2, 0) is 4.74 Å². The second kappa shape index (κ2) is 11.7. The molecular formula is C19H32IN3O. The minimum absolute atomic E-state index is 0. The van der Waals surface area contributed by atoms with Crippen LogP contribution in [-0.4, -0.2) is 38.3 Å². The Morgan fingerprint density at radius 2 is 2.04 bits per heavy atom. The number of aryl methyl sites for hydroxylation is 1. The van der Waals surface area contributed by atoms with E-state index in [1.807, 2.05) is 0 Å². The average molecular weight is 445 g/mol. The summed E-state index contributed by atoms with van der Waals surface area (Å²) in [5, 5.41) is 6.74. The summed E-state index contributed by atoms with van der Waals surface area (Å²) in [5.74, 6) is 1.33. The lowest BCUT2D eigenvalue weighted by molar-refractivity contribution is 0.105. The molecule has 0 aromatic heterocycles. The fraction of sp³-hybridized carbons (Fsp3) is 0.632. The molecule has 2 atom stereocenters. The number of rotatable bonds is 7. The van der Waals surface area contributed by atoms with Gasteiger partial charge < -0.3 is 15.4 Å². The molecule has 1 aromatic carbocycles. The van der Waals surface area contributed by atoms with Crippen LogP contribution in [0.4, 0.5) is 0 Å². The summed E-state index contributed by atoms with van der Waals surface area (Å²) in [6.45, 7) is 9.95. The van der Waals surface area contributed by atoms with Crippen LogP contribution in [0.25, 0.3) is 0 Å². The normalized spacial score (nSPS) is 18.8. The van der Waals surface area contributed by atoms with Crippen LogP contribution in [0.3, 0.4) is 0 Å². The van der Waals surface area contributed by atoms with E-state index in [1.165, 1.54) is 24.0 Å². The summed E-state index contributed by atoms with van der Waals surface area (Å²) in [6.07, 6.45) is 3.88. The Morgan fingerprint density at radius 1 is 1.29 bits per heavy atom. The van der Waals surface area contributed by atoms with Gasteiger partial charge in [-0.2, -0.15) is 0 Å². The molecule has 136 valence electrons. The maximum Gasteiger partial charge on any atom is 0.191 e. The van der Waals surface area contributed by atoms with Crippen molar-refractivity contribution in [3.63, 3.8) is 0 Å². The number of halogens is 1. The van der Waals surface area contributed by atoms with Crippen molar-refractivity contribution in [2.45, 2.75) is 52.1 Å². The topological polar surface area (TPSA) is 45.7 Å². The number of hydrogen-bond donors (Lipinski definition) is 2. The van der Waals surface area contributed by atoms with Crippen molar-refractivity contribution in [3.8, 4) is 0 Å². The molecule has 1 heterocycles. The first-order valence-electron chi connectivity index (χ1n) is 8.89. The number of guanidine groups is 1. The zero-order chi connectivity index (χ0) is 16.5. The van der Waals surface area contributed by atoms with E-state index in [0.29, 0.717) is 12.0 Å². The maximum atomic E-state index is 5.66. The third-order valence-corrected chi connectivity index (χ3v) is 4.30. The molecule has 1 fully saturated rings. The second-order valence-electron chi connectivity index (χ2n) is 6.38. The highest BCUT2D eigenvalue weighted by Gasteiger charge is 2.14. The highest BCUT2D eigenvalue weighted by molar-refractivity contribution is 14.0. The molecular weight excluding hydrogens is 413 g/mol. The van der Waals surface area contributed by atoms with Crippen LogP contribution < -0.4 is 10.6 Å². The molecule has 0 spiro atoms. The third kappa shape index (κ3) is 7.38. The first kappa shape index (κ1) is 21.2. The Balaban J connectivity index is 0.00000288. The number of aliphatic imine (C=N–C) groups is 1. The van der Waals surface area contributed by atoms with Gasteiger partial charge in [-0.3, -0.25) is 4.99 Å². The van der Waals surface area contributed by atoms with Gasteiger partial charge in [0.1, 0.15) is 0 Å². The zero-order valence-electron chi connectivity index (χ0n) is 15.2. The zero-order valence-corrected chi connectivity index (χ0v) is 17.5. The smallest absolute Gasteiger partial charge is 0.191 e. The Morgan fingerprint density at radius 3 is 2.67 bits per heavy atom. The van der Waals surface area contributed by atoms with E-state index in [0.717, 1.165) is 38.6 Å². The fourth-order valence-electron chi connectivity index (χ4n) is 2.79. The second-order valence-corrected chi connectivity index (χ2v) is 6.38. The van der Waals surface area contributed by atoms with Crippen molar-refractivity contribution >= 4 is 29.9 Å². The number of ether oxygens (including phenoxy) is 1.